The third-order valence-electron chi connectivity index (χ3n) is 4.44. The molecule has 0 bridgehead atoms. The van der Waals surface area contributed by atoms with Crippen LogP contribution in [0.3, 0.4) is 0 Å². The summed E-state index contributed by atoms with van der Waals surface area (Å²) in [6.45, 7) is -0.914. The molecule has 0 aromatic carbocycles. The normalized spacial score (nSPS) is 27.7. The zero-order chi connectivity index (χ0) is 24.2. The number of aromatic nitrogens is 5. The number of hydrogen-bond donors (Lipinski definition) is 7. The Morgan fingerprint density at radius 1 is 1.03 bits per heavy atom. The van der Waals surface area contributed by atoms with Crippen molar-refractivity contribution in [1.29, 1.82) is 0 Å². The van der Waals surface area contributed by atoms with Gasteiger partial charge in [-0.1, -0.05) is 0 Å². The van der Waals surface area contributed by atoms with E-state index in [1.807, 2.05) is 0 Å². The van der Waals surface area contributed by atoms with Crippen LogP contribution >= 0.6 is 23.3 Å². The number of aliphatic hydroxyl groups excluding tert-OH is 2. The van der Waals surface area contributed by atoms with Crippen molar-refractivity contribution in [3.8, 4) is 0 Å². The van der Waals surface area contributed by atoms with Gasteiger partial charge in [0.1, 0.15) is 24.6 Å². The summed E-state index contributed by atoms with van der Waals surface area (Å²) in [5.41, 5.74) is 1.10. The number of nitrogens with one attached hydrogen (secondary N) is 1. The number of aliphatic hydroxyl groups is 2. The number of ether oxygens (including phenoxy) is 1. The van der Waals surface area contributed by atoms with Gasteiger partial charge in [-0.05, 0) is 0 Å². The summed E-state index contributed by atoms with van der Waals surface area (Å²) in [6, 6.07) is 0. The zero-order valence-corrected chi connectivity index (χ0v) is 18.7. The molecule has 21 heteroatoms. The summed E-state index contributed by atoms with van der Waals surface area (Å²) in [5, 5.41) is 20.7. The van der Waals surface area contributed by atoms with E-state index in [2.05, 4.69) is 23.8 Å². The summed E-state index contributed by atoms with van der Waals surface area (Å²) >= 11 is 0. The minimum Gasteiger partial charge on any atom is -0.387 e. The summed E-state index contributed by atoms with van der Waals surface area (Å²) in [5.74, 6) is 0. The van der Waals surface area contributed by atoms with E-state index in [1.165, 1.54) is 23.4 Å². The lowest BCUT2D eigenvalue weighted by molar-refractivity contribution is -0.0502. The van der Waals surface area contributed by atoms with Crippen LogP contribution in [0.2, 0.25) is 0 Å². The van der Waals surface area contributed by atoms with Crippen LogP contribution in [0, 0.1) is 0 Å². The molecule has 0 saturated carbocycles. The number of rotatable bonds is 8. The van der Waals surface area contributed by atoms with Crippen LogP contribution in [0.1, 0.15) is 6.23 Å². The number of hydrogen-bond acceptors (Lipinski definition) is 11. The molecule has 0 aliphatic carbocycles. The molecule has 3 aromatic heterocycles. The van der Waals surface area contributed by atoms with Gasteiger partial charge >= 0.3 is 23.3 Å². The van der Waals surface area contributed by atoms with Crippen LogP contribution in [0.15, 0.2) is 25.0 Å². The predicted molar refractivity (Wildman–Crippen MR) is 104 cm³/mol. The quantitative estimate of drug-likeness (QED) is 0.165. The number of phosphoric ester groups is 1. The monoisotopic (exact) mass is 530 g/mol. The molecule has 6 atom stereocenters. The Kier molecular flexibility index (Phi) is 6.35. The average molecular weight is 530 g/mol. The molecule has 4 heterocycles. The van der Waals surface area contributed by atoms with Gasteiger partial charge in [0.25, 0.3) is 0 Å². The second-order valence-electron chi connectivity index (χ2n) is 6.78. The first-order chi connectivity index (χ1) is 15.3. The van der Waals surface area contributed by atoms with Crippen molar-refractivity contribution >= 4 is 40.1 Å². The van der Waals surface area contributed by atoms with E-state index in [0.29, 0.717) is 11.2 Å². The first-order valence-electron chi connectivity index (χ1n) is 8.79. The molecule has 0 radical (unpaired) electrons. The lowest BCUT2D eigenvalue weighted by atomic mass is 10.1. The van der Waals surface area contributed by atoms with E-state index >= 15 is 0 Å². The van der Waals surface area contributed by atoms with Crippen molar-refractivity contribution < 1.29 is 57.1 Å². The highest BCUT2D eigenvalue weighted by molar-refractivity contribution is 7.70. The average Bonchev–Trinajstić information content (AvgIpc) is 3.35. The topological polar surface area (TPSA) is 260 Å². The van der Waals surface area contributed by atoms with Crippen molar-refractivity contribution in [2.45, 2.75) is 24.5 Å². The number of imidazole rings is 2. The molecule has 1 fully saturated rings. The maximum absolute atomic E-state index is 11.9. The van der Waals surface area contributed by atoms with Crippen molar-refractivity contribution in [3.05, 3.63) is 25.0 Å². The van der Waals surface area contributed by atoms with Gasteiger partial charge in [0, 0.05) is 12.4 Å². The predicted octanol–water partition coefficient (Wildman–Crippen LogP) is -1.39. The van der Waals surface area contributed by atoms with Crippen molar-refractivity contribution in [2.24, 2.45) is 0 Å². The van der Waals surface area contributed by atoms with Crippen molar-refractivity contribution in [1.82, 2.24) is 28.8 Å². The largest absolute Gasteiger partial charge is 0.480 e. The van der Waals surface area contributed by atoms with Crippen LogP contribution in [0.4, 0.5) is 0 Å². The molecule has 182 valence electrons. The van der Waals surface area contributed by atoms with Crippen LogP contribution in [-0.2, 0) is 27.3 Å². The minimum atomic E-state index is -5.45. The van der Waals surface area contributed by atoms with Gasteiger partial charge in [-0.3, -0.25) is 13.5 Å². The van der Waals surface area contributed by atoms with Gasteiger partial charge in [-0.2, -0.15) is 4.31 Å². The molecular formula is C12H17N6O12P3. The third-order valence-corrected chi connectivity index (χ3v) is 8.68. The lowest BCUT2D eigenvalue weighted by Crippen LogP contribution is -2.33. The van der Waals surface area contributed by atoms with Gasteiger partial charge < -0.3 is 34.5 Å². The smallest absolute Gasteiger partial charge is 0.387 e. The maximum Gasteiger partial charge on any atom is 0.480 e. The van der Waals surface area contributed by atoms with Gasteiger partial charge in [-0.25, -0.2) is 28.6 Å². The van der Waals surface area contributed by atoms with Gasteiger partial charge in [0.05, 0.1) is 12.9 Å². The number of phosphoric acid groups is 1. The Bertz CT molecular complexity index is 1320. The molecule has 1 aliphatic rings. The Morgan fingerprint density at radius 3 is 2.45 bits per heavy atom. The van der Waals surface area contributed by atoms with Crippen molar-refractivity contribution in [2.75, 3.05) is 6.61 Å². The summed E-state index contributed by atoms with van der Waals surface area (Å²) in [7, 11) is -16.1. The zero-order valence-electron chi connectivity index (χ0n) is 16.0. The Morgan fingerprint density at radius 2 is 1.76 bits per heavy atom. The number of fused-ring (bicyclic) bond motifs is 3. The molecule has 0 amide bonds. The highest BCUT2D eigenvalue weighted by Gasteiger charge is 2.46. The standard InChI is InChI=1S/C12H17N6O12P3/c19-8-6(3-28-33(26,27)30-32(24,25)16-31(21,22)23)29-12(9(8)20)18-5-14-7-10-13-1-2-17(10)4-15-11(7)18/h1-2,4-6,8-9,12,19-20H,3H2,(H,26,27)(H4,16,21,22,23,24,25)/t6-,8-,9-,12-/m1/s1. The SMILES string of the molecule is O=P(O)(O)NP(=O)(O)OP(=O)(O)OC[C@H]1O[C@@H](n2cnc3c2ncn2ccnc32)[C@H](O)[C@@H]1O. The summed E-state index contributed by atoms with van der Waals surface area (Å²) < 4.78 is 51.0. The van der Waals surface area contributed by atoms with Gasteiger partial charge in [-0.15, -0.1) is 4.86 Å². The van der Waals surface area contributed by atoms with E-state index in [4.69, 9.17) is 14.5 Å². The van der Waals surface area contributed by atoms with Crippen molar-refractivity contribution in [3.63, 3.8) is 0 Å². The molecule has 2 unspecified atom stereocenters. The molecular weight excluding hydrogens is 513 g/mol. The first-order valence-corrected chi connectivity index (χ1v) is 13.5. The molecule has 3 aromatic rings. The van der Waals surface area contributed by atoms with Crippen LogP contribution < -0.4 is 4.86 Å². The van der Waals surface area contributed by atoms with Crippen LogP contribution in [0.5, 0.6) is 0 Å². The fourth-order valence-electron chi connectivity index (χ4n) is 3.14. The van der Waals surface area contributed by atoms with E-state index < -0.39 is 54.5 Å². The molecule has 33 heavy (non-hydrogen) atoms. The van der Waals surface area contributed by atoms with E-state index in [-0.39, 0.29) is 5.65 Å². The Labute approximate surface area is 182 Å². The third kappa shape index (κ3) is 5.23. The van der Waals surface area contributed by atoms with Crippen LogP contribution in [0.25, 0.3) is 16.8 Å². The molecule has 18 nitrogen and oxygen atoms in total. The highest BCUT2D eigenvalue weighted by atomic mass is 31.3. The maximum atomic E-state index is 11.9. The Hall–Kier alpha value is -1.62. The Balaban J connectivity index is 1.47. The highest BCUT2D eigenvalue weighted by Crippen LogP contribution is 2.61. The molecule has 1 saturated heterocycles. The molecule has 0 spiro atoms. The molecule has 4 rings (SSSR count). The molecule has 7 N–H and O–H groups in total. The number of nitrogens with zero attached hydrogens (tertiary/aromatic N) is 5. The minimum absolute atomic E-state index is 0.257. The fraction of sp³-hybridized carbons (Fsp3) is 0.417. The van der Waals surface area contributed by atoms with Gasteiger partial charge in [0.15, 0.2) is 23.0 Å². The molecule has 1 aliphatic heterocycles. The summed E-state index contributed by atoms with van der Waals surface area (Å²) in [6.07, 6.45) is 0.0333. The lowest BCUT2D eigenvalue weighted by Gasteiger charge is -2.19. The second-order valence-corrected chi connectivity index (χ2v) is 11.6. The second kappa shape index (κ2) is 8.55. The van der Waals surface area contributed by atoms with E-state index in [9.17, 15) is 33.7 Å². The summed E-state index contributed by atoms with van der Waals surface area (Å²) in [4.78, 5) is 49.5. The fourth-order valence-corrected chi connectivity index (χ4v) is 6.58. The van der Waals surface area contributed by atoms with E-state index in [0.717, 1.165) is 4.86 Å². The van der Waals surface area contributed by atoms with Gasteiger partial charge in [0.2, 0.25) is 0 Å². The first kappa shape index (κ1) is 24.5. The van der Waals surface area contributed by atoms with E-state index in [1.54, 1.807) is 10.6 Å². The van der Waals surface area contributed by atoms with Crippen LogP contribution in [-0.4, -0.2) is 78.6 Å².